The number of benzene rings is 2. The highest BCUT2D eigenvalue weighted by molar-refractivity contribution is 5.77. The standard InChI is InChI=1S/C30H39F3N2O3/c1-35(2)22-27(21-29(37)38-23-25-14-10-8-11-15-25)34-28(36)16-12-7-5-3-4-6-9-13-24-17-19-26(20-18-24)30(31,32)33/h8-11,13-15,17-20,27H,3-7,12,16,21-23H2,1-2H3,(H,34,36)/b13-9+/t27-/m1/s1. The predicted octanol–water partition coefficient (Wildman–Crippen LogP) is 6.63. The van der Waals surface area contributed by atoms with Crippen molar-refractivity contribution in [2.75, 3.05) is 20.6 Å². The van der Waals surface area contributed by atoms with Gasteiger partial charge in [0.15, 0.2) is 0 Å². The third-order valence-corrected chi connectivity index (χ3v) is 5.93. The quantitative estimate of drug-likeness (QED) is 0.195. The van der Waals surface area contributed by atoms with Crippen LogP contribution in [0.25, 0.3) is 6.08 Å². The lowest BCUT2D eigenvalue weighted by Crippen LogP contribution is -2.43. The molecule has 0 aliphatic rings. The molecule has 0 heterocycles. The van der Waals surface area contributed by atoms with Crippen LogP contribution >= 0.6 is 0 Å². The molecule has 0 aliphatic carbocycles. The Morgan fingerprint density at radius 2 is 1.61 bits per heavy atom. The number of hydrogen-bond acceptors (Lipinski definition) is 4. The van der Waals surface area contributed by atoms with Crippen molar-refractivity contribution in [1.82, 2.24) is 10.2 Å². The Balaban J connectivity index is 1.58. The Labute approximate surface area is 224 Å². The number of nitrogens with zero attached hydrogens (tertiary/aromatic N) is 1. The molecule has 5 nitrogen and oxygen atoms in total. The van der Waals surface area contributed by atoms with Gasteiger partial charge in [0, 0.05) is 13.0 Å². The average Bonchev–Trinajstić information content (AvgIpc) is 2.86. The SMILES string of the molecule is CN(C)C[C@@H](CC(=O)OCc1ccccc1)NC(=O)CCCCCCC/C=C/c1ccc(C(F)(F)F)cc1. The van der Waals surface area contributed by atoms with E-state index in [0.29, 0.717) is 13.0 Å². The Kier molecular flexibility index (Phi) is 13.6. The van der Waals surface area contributed by atoms with E-state index in [-0.39, 0.29) is 30.9 Å². The highest BCUT2D eigenvalue weighted by Crippen LogP contribution is 2.29. The minimum absolute atomic E-state index is 0.0628. The van der Waals surface area contributed by atoms with Crippen molar-refractivity contribution in [3.63, 3.8) is 0 Å². The van der Waals surface area contributed by atoms with Gasteiger partial charge in [-0.25, -0.2) is 0 Å². The first-order valence-corrected chi connectivity index (χ1v) is 13.1. The zero-order valence-electron chi connectivity index (χ0n) is 22.3. The molecule has 0 aromatic heterocycles. The fourth-order valence-electron chi connectivity index (χ4n) is 3.98. The lowest BCUT2D eigenvalue weighted by atomic mass is 10.1. The van der Waals surface area contributed by atoms with Gasteiger partial charge in [-0.2, -0.15) is 13.2 Å². The molecule has 2 rings (SSSR count). The second kappa shape index (κ2) is 16.7. The molecule has 0 fully saturated rings. The van der Waals surface area contributed by atoms with Crippen LogP contribution in [0.3, 0.4) is 0 Å². The Bertz CT molecular complexity index is 990. The molecule has 2 aromatic carbocycles. The molecule has 0 saturated carbocycles. The molecule has 1 amide bonds. The molecule has 0 bridgehead atoms. The van der Waals surface area contributed by atoms with Gasteiger partial charge in [0.25, 0.3) is 0 Å². The number of alkyl halides is 3. The monoisotopic (exact) mass is 532 g/mol. The van der Waals surface area contributed by atoms with Gasteiger partial charge >= 0.3 is 12.1 Å². The summed E-state index contributed by atoms with van der Waals surface area (Å²) in [6, 6.07) is 14.3. The number of amides is 1. The third-order valence-electron chi connectivity index (χ3n) is 5.93. The van der Waals surface area contributed by atoms with Gasteiger partial charge in [0.2, 0.25) is 5.91 Å². The zero-order chi connectivity index (χ0) is 27.8. The number of nitrogens with one attached hydrogen (secondary N) is 1. The molecule has 1 N–H and O–H groups in total. The summed E-state index contributed by atoms with van der Waals surface area (Å²) in [5.74, 6) is -0.402. The minimum atomic E-state index is -4.31. The van der Waals surface area contributed by atoms with Crippen LogP contribution in [0.2, 0.25) is 0 Å². The second-order valence-electron chi connectivity index (χ2n) is 9.71. The molecular weight excluding hydrogens is 493 g/mol. The van der Waals surface area contributed by atoms with Crippen LogP contribution in [0.1, 0.15) is 68.1 Å². The lowest BCUT2D eigenvalue weighted by molar-refractivity contribution is -0.145. The number of allylic oxidation sites excluding steroid dienone is 1. The van der Waals surface area contributed by atoms with Gasteiger partial charge < -0.3 is 15.0 Å². The molecule has 208 valence electrons. The Morgan fingerprint density at radius 1 is 0.947 bits per heavy atom. The van der Waals surface area contributed by atoms with Gasteiger partial charge in [0.1, 0.15) is 6.61 Å². The summed E-state index contributed by atoms with van der Waals surface area (Å²) < 4.78 is 43.2. The van der Waals surface area contributed by atoms with Crippen molar-refractivity contribution in [3.05, 3.63) is 77.4 Å². The summed E-state index contributed by atoms with van der Waals surface area (Å²) in [6.07, 6.45) is 5.63. The second-order valence-corrected chi connectivity index (χ2v) is 9.71. The van der Waals surface area contributed by atoms with Crippen LogP contribution in [-0.4, -0.2) is 43.5 Å². The zero-order valence-corrected chi connectivity index (χ0v) is 22.3. The van der Waals surface area contributed by atoms with E-state index >= 15 is 0 Å². The van der Waals surface area contributed by atoms with E-state index < -0.39 is 11.7 Å². The molecule has 1 atom stereocenters. The van der Waals surface area contributed by atoms with E-state index in [4.69, 9.17) is 4.74 Å². The Morgan fingerprint density at radius 3 is 2.26 bits per heavy atom. The summed E-state index contributed by atoms with van der Waals surface area (Å²) in [5.41, 5.74) is 1.03. The van der Waals surface area contributed by atoms with Crippen molar-refractivity contribution < 1.29 is 27.5 Å². The van der Waals surface area contributed by atoms with Crippen LogP contribution in [0.15, 0.2) is 60.7 Å². The van der Waals surface area contributed by atoms with Crippen molar-refractivity contribution >= 4 is 18.0 Å². The summed E-state index contributed by atoms with van der Waals surface area (Å²) in [6.45, 7) is 0.763. The molecule has 38 heavy (non-hydrogen) atoms. The third kappa shape index (κ3) is 13.4. The number of carbonyl (C=O) groups is 2. The molecule has 0 unspecified atom stereocenters. The predicted molar refractivity (Wildman–Crippen MR) is 144 cm³/mol. The molecule has 2 aromatic rings. The topological polar surface area (TPSA) is 58.6 Å². The van der Waals surface area contributed by atoms with Gasteiger partial charge in [0.05, 0.1) is 18.0 Å². The summed E-state index contributed by atoms with van der Waals surface area (Å²) >= 11 is 0. The first-order chi connectivity index (χ1) is 18.1. The molecule has 0 radical (unpaired) electrons. The minimum Gasteiger partial charge on any atom is -0.461 e. The first-order valence-electron chi connectivity index (χ1n) is 13.1. The summed E-state index contributed by atoms with van der Waals surface area (Å²) in [5, 5.41) is 2.97. The first kappa shape index (κ1) is 31.1. The van der Waals surface area contributed by atoms with Crippen LogP contribution in [0.5, 0.6) is 0 Å². The highest BCUT2D eigenvalue weighted by Gasteiger charge is 2.29. The van der Waals surface area contributed by atoms with Gasteiger partial charge in [-0.1, -0.05) is 73.9 Å². The van der Waals surface area contributed by atoms with Crippen molar-refractivity contribution in [2.45, 2.75) is 70.2 Å². The lowest BCUT2D eigenvalue weighted by Gasteiger charge is -2.22. The van der Waals surface area contributed by atoms with E-state index in [1.807, 2.05) is 61.5 Å². The van der Waals surface area contributed by atoms with E-state index in [2.05, 4.69) is 5.32 Å². The maximum absolute atomic E-state index is 12.6. The number of unbranched alkanes of at least 4 members (excludes halogenated alkanes) is 5. The fourth-order valence-corrected chi connectivity index (χ4v) is 3.98. The van der Waals surface area contributed by atoms with E-state index in [9.17, 15) is 22.8 Å². The van der Waals surface area contributed by atoms with E-state index in [0.717, 1.165) is 61.8 Å². The van der Waals surface area contributed by atoms with Gasteiger partial charge in [-0.05, 0) is 56.6 Å². The maximum atomic E-state index is 12.6. The Hall–Kier alpha value is -3.13. The molecule has 8 heteroatoms. The van der Waals surface area contributed by atoms with Crippen molar-refractivity contribution in [1.29, 1.82) is 0 Å². The van der Waals surface area contributed by atoms with Crippen LogP contribution in [-0.2, 0) is 27.1 Å². The molecule has 0 spiro atoms. The van der Waals surface area contributed by atoms with E-state index in [1.54, 1.807) is 0 Å². The van der Waals surface area contributed by atoms with Crippen LogP contribution in [0.4, 0.5) is 13.2 Å². The number of likely N-dealkylation sites (N-methyl/N-ethyl adjacent to an activating group) is 1. The van der Waals surface area contributed by atoms with Crippen LogP contribution in [0, 0.1) is 0 Å². The number of rotatable bonds is 16. The largest absolute Gasteiger partial charge is 0.461 e. The van der Waals surface area contributed by atoms with E-state index in [1.165, 1.54) is 12.1 Å². The highest BCUT2D eigenvalue weighted by atomic mass is 19.4. The molecule has 0 aliphatic heterocycles. The maximum Gasteiger partial charge on any atom is 0.416 e. The van der Waals surface area contributed by atoms with Crippen LogP contribution < -0.4 is 5.32 Å². The average molecular weight is 533 g/mol. The van der Waals surface area contributed by atoms with Gasteiger partial charge in [-0.3, -0.25) is 9.59 Å². The normalized spacial score (nSPS) is 12.6. The molecule has 0 saturated heterocycles. The number of hydrogen-bond donors (Lipinski definition) is 1. The number of esters is 1. The fraction of sp³-hybridized carbons (Fsp3) is 0.467. The molecular formula is C30H39F3N2O3. The summed E-state index contributed by atoms with van der Waals surface area (Å²) in [4.78, 5) is 26.6. The summed E-state index contributed by atoms with van der Waals surface area (Å²) in [7, 11) is 3.79. The number of carbonyl (C=O) groups excluding carboxylic acids is 2. The number of halogens is 3. The smallest absolute Gasteiger partial charge is 0.416 e. The van der Waals surface area contributed by atoms with Gasteiger partial charge in [-0.15, -0.1) is 0 Å². The van der Waals surface area contributed by atoms with Crippen molar-refractivity contribution in [2.24, 2.45) is 0 Å². The van der Waals surface area contributed by atoms with Crippen molar-refractivity contribution in [3.8, 4) is 0 Å². The number of ether oxygens (including phenoxy) is 1.